The molecular weight excluding hydrogens is 296 g/mol. The van der Waals surface area contributed by atoms with Gasteiger partial charge in [-0.1, -0.05) is 0 Å². The molecule has 0 heterocycles. The van der Waals surface area contributed by atoms with E-state index in [1.807, 2.05) is 0 Å². The summed E-state index contributed by atoms with van der Waals surface area (Å²) in [4.78, 5) is 11.3. The van der Waals surface area contributed by atoms with Crippen LogP contribution in [-0.2, 0) is 19.6 Å². The van der Waals surface area contributed by atoms with Crippen LogP contribution in [0.5, 0.6) is 5.75 Å². The fraction of sp³-hybridized carbons (Fsp3) is 0.462. The van der Waals surface area contributed by atoms with Crippen LogP contribution in [-0.4, -0.2) is 48.2 Å². The monoisotopic (exact) mass is 316 g/mol. The molecule has 0 saturated carbocycles. The maximum Gasteiger partial charge on any atom is 0.257 e. The highest BCUT2D eigenvalue weighted by molar-refractivity contribution is 7.89. The van der Waals surface area contributed by atoms with Crippen LogP contribution in [0.2, 0.25) is 0 Å². The van der Waals surface area contributed by atoms with Crippen molar-refractivity contribution in [2.75, 3.05) is 33.9 Å². The number of rotatable bonds is 8. The Morgan fingerprint density at radius 1 is 1.33 bits per heavy atom. The number of benzene rings is 1. The summed E-state index contributed by atoms with van der Waals surface area (Å²) in [6, 6.07) is 4.46. The van der Waals surface area contributed by atoms with E-state index in [2.05, 4.69) is 10.0 Å². The summed E-state index contributed by atoms with van der Waals surface area (Å²) < 4.78 is 36.6. The Hall–Kier alpha value is -1.64. The van der Waals surface area contributed by atoms with E-state index in [9.17, 15) is 13.2 Å². The van der Waals surface area contributed by atoms with Gasteiger partial charge >= 0.3 is 0 Å². The molecule has 0 radical (unpaired) electrons. The van der Waals surface area contributed by atoms with Gasteiger partial charge in [-0.3, -0.25) is 4.79 Å². The molecule has 0 unspecified atom stereocenters. The van der Waals surface area contributed by atoms with Crippen molar-refractivity contribution in [3.05, 3.63) is 23.8 Å². The van der Waals surface area contributed by atoms with Gasteiger partial charge in [0.05, 0.1) is 11.5 Å². The van der Waals surface area contributed by atoms with Gasteiger partial charge in [0.1, 0.15) is 5.75 Å². The number of methoxy groups -OCH3 is 1. The number of hydrogen-bond acceptors (Lipinski definition) is 5. The van der Waals surface area contributed by atoms with Gasteiger partial charge in [0, 0.05) is 20.7 Å². The molecule has 0 aliphatic rings. The molecule has 1 aromatic rings. The number of nitrogens with one attached hydrogen (secondary N) is 2. The van der Waals surface area contributed by atoms with Crippen molar-refractivity contribution in [3.8, 4) is 5.75 Å². The fourth-order valence-corrected chi connectivity index (χ4v) is 2.63. The molecule has 0 spiro atoms. The van der Waals surface area contributed by atoms with Crippen molar-refractivity contribution < 1.29 is 22.7 Å². The van der Waals surface area contributed by atoms with Crippen LogP contribution in [0, 0.1) is 6.92 Å². The first kappa shape index (κ1) is 17.4. The Labute approximate surface area is 124 Å². The summed E-state index contributed by atoms with van der Waals surface area (Å²) >= 11 is 0. The molecule has 7 nitrogen and oxygen atoms in total. The van der Waals surface area contributed by atoms with Crippen molar-refractivity contribution >= 4 is 15.9 Å². The highest BCUT2D eigenvalue weighted by Crippen LogP contribution is 2.21. The van der Waals surface area contributed by atoms with E-state index in [0.717, 1.165) is 0 Å². The Morgan fingerprint density at radius 3 is 2.62 bits per heavy atom. The Bertz CT molecular complexity index is 586. The van der Waals surface area contributed by atoms with Gasteiger partial charge in [-0.2, -0.15) is 0 Å². The summed E-state index contributed by atoms with van der Waals surface area (Å²) in [6.45, 7) is 2.10. The van der Waals surface area contributed by atoms with Crippen molar-refractivity contribution in [3.63, 3.8) is 0 Å². The molecule has 0 aliphatic heterocycles. The van der Waals surface area contributed by atoms with Crippen LogP contribution in [0.4, 0.5) is 0 Å². The molecular formula is C13H20N2O5S. The second-order valence-electron chi connectivity index (χ2n) is 4.28. The zero-order chi connectivity index (χ0) is 15.9. The molecule has 0 aliphatic carbocycles. The number of ether oxygens (including phenoxy) is 2. The summed E-state index contributed by atoms with van der Waals surface area (Å²) in [6.07, 6.45) is 0. The van der Waals surface area contributed by atoms with Gasteiger partial charge in [-0.15, -0.1) is 0 Å². The number of carbonyl (C=O) groups excluding carboxylic acids is 1. The standard InChI is InChI=1S/C13H20N2O5S/c1-10-8-11(21(17,18)15-6-7-19-3)4-5-12(10)20-9-13(16)14-2/h4-5,8,15H,6-7,9H2,1-3H3,(H,14,16). The van der Waals surface area contributed by atoms with E-state index in [-0.39, 0.29) is 24.0 Å². The third kappa shape index (κ3) is 5.33. The second-order valence-corrected chi connectivity index (χ2v) is 6.05. The lowest BCUT2D eigenvalue weighted by Gasteiger charge is -2.11. The lowest BCUT2D eigenvalue weighted by atomic mass is 10.2. The van der Waals surface area contributed by atoms with Gasteiger partial charge in [0.15, 0.2) is 6.61 Å². The number of amides is 1. The van der Waals surface area contributed by atoms with Gasteiger partial charge < -0.3 is 14.8 Å². The minimum Gasteiger partial charge on any atom is -0.484 e. The van der Waals surface area contributed by atoms with Crippen molar-refractivity contribution in [1.82, 2.24) is 10.0 Å². The zero-order valence-electron chi connectivity index (χ0n) is 12.3. The first-order valence-corrected chi connectivity index (χ1v) is 7.81. The minimum absolute atomic E-state index is 0.116. The highest BCUT2D eigenvalue weighted by atomic mass is 32.2. The van der Waals surface area contributed by atoms with Crippen LogP contribution in [0.1, 0.15) is 5.56 Å². The molecule has 0 bridgehead atoms. The summed E-state index contributed by atoms with van der Waals surface area (Å²) in [5, 5.41) is 2.44. The summed E-state index contributed by atoms with van der Waals surface area (Å²) in [7, 11) is -0.562. The molecule has 2 N–H and O–H groups in total. The number of sulfonamides is 1. The Kier molecular flexibility index (Phi) is 6.60. The zero-order valence-corrected chi connectivity index (χ0v) is 13.1. The van der Waals surface area contributed by atoms with Crippen molar-refractivity contribution in [1.29, 1.82) is 0 Å². The van der Waals surface area contributed by atoms with Crippen LogP contribution in [0.3, 0.4) is 0 Å². The summed E-state index contributed by atoms with van der Waals surface area (Å²) in [5.41, 5.74) is 0.633. The molecule has 1 rings (SSSR count). The quantitative estimate of drug-likeness (QED) is 0.661. The average Bonchev–Trinajstić information content (AvgIpc) is 2.45. The van der Waals surface area contributed by atoms with E-state index < -0.39 is 10.0 Å². The molecule has 0 aromatic heterocycles. The largest absolute Gasteiger partial charge is 0.484 e. The SMILES string of the molecule is CNC(=O)COc1ccc(S(=O)(=O)NCCOC)cc1C. The third-order valence-corrected chi connectivity index (χ3v) is 4.15. The molecule has 118 valence electrons. The van der Waals surface area contributed by atoms with Crippen LogP contribution in [0.15, 0.2) is 23.1 Å². The lowest BCUT2D eigenvalue weighted by Crippen LogP contribution is -2.27. The maximum atomic E-state index is 12.0. The topological polar surface area (TPSA) is 93.7 Å². The minimum atomic E-state index is -3.57. The Balaban J connectivity index is 2.79. The van der Waals surface area contributed by atoms with E-state index in [0.29, 0.717) is 17.9 Å². The molecule has 21 heavy (non-hydrogen) atoms. The van der Waals surface area contributed by atoms with Crippen LogP contribution in [0.25, 0.3) is 0 Å². The van der Waals surface area contributed by atoms with Crippen LogP contribution < -0.4 is 14.8 Å². The maximum absolute atomic E-state index is 12.0. The number of hydrogen-bond donors (Lipinski definition) is 2. The molecule has 0 saturated heterocycles. The second kappa shape index (κ2) is 7.96. The van der Waals surface area contributed by atoms with E-state index in [1.165, 1.54) is 32.4 Å². The molecule has 8 heteroatoms. The van der Waals surface area contributed by atoms with Gasteiger partial charge in [0.25, 0.3) is 5.91 Å². The molecule has 0 fully saturated rings. The molecule has 1 aromatic carbocycles. The first-order valence-electron chi connectivity index (χ1n) is 6.33. The predicted molar refractivity (Wildman–Crippen MR) is 77.8 cm³/mol. The van der Waals surface area contributed by atoms with Crippen molar-refractivity contribution in [2.24, 2.45) is 0 Å². The predicted octanol–water partition coefficient (Wildman–Crippen LogP) is 0.0445. The number of carbonyl (C=O) groups is 1. The highest BCUT2D eigenvalue weighted by Gasteiger charge is 2.15. The van der Waals surface area contributed by atoms with Gasteiger partial charge in [-0.25, -0.2) is 13.1 Å². The van der Waals surface area contributed by atoms with Gasteiger partial charge in [0.2, 0.25) is 10.0 Å². The van der Waals surface area contributed by atoms with E-state index in [4.69, 9.17) is 9.47 Å². The number of aryl methyl sites for hydroxylation is 1. The van der Waals surface area contributed by atoms with E-state index >= 15 is 0 Å². The average molecular weight is 316 g/mol. The smallest absolute Gasteiger partial charge is 0.257 e. The van der Waals surface area contributed by atoms with Crippen molar-refractivity contribution in [2.45, 2.75) is 11.8 Å². The fourth-order valence-electron chi connectivity index (χ4n) is 1.53. The Morgan fingerprint density at radius 2 is 2.05 bits per heavy atom. The lowest BCUT2D eigenvalue weighted by molar-refractivity contribution is -0.122. The summed E-state index contributed by atoms with van der Waals surface area (Å²) in [5.74, 6) is 0.210. The third-order valence-electron chi connectivity index (χ3n) is 2.69. The molecule has 0 atom stereocenters. The van der Waals surface area contributed by atoms with Crippen LogP contribution >= 0.6 is 0 Å². The van der Waals surface area contributed by atoms with Gasteiger partial charge in [-0.05, 0) is 30.7 Å². The van der Waals surface area contributed by atoms with E-state index in [1.54, 1.807) is 6.92 Å². The normalized spacial score (nSPS) is 11.2. The number of likely N-dealkylation sites (N-methyl/N-ethyl adjacent to an activating group) is 1. The molecule has 1 amide bonds. The first-order chi connectivity index (χ1) is 9.90.